The molecule has 1 aliphatic rings. The molecule has 0 spiro atoms. The van der Waals surface area contributed by atoms with E-state index in [0.29, 0.717) is 22.5 Å². The van der Waals surface area contributed by atoms with Crippen LogP contribution in [-0.4, -0.2) is 52.2 Å². The van der Waals surface area contributed by atoms with E-state index in [1.165, 1.54) is 37.3 Å². The van der Waals surface area contributed by atoms with Gasteiger partial charge in [-0.2, -0.15) is 13.2 Å². The van der Waals surface area contributed by atoms with E-state index in [9.17, 15) is 23.1 Å². The lowest BCUT2D eigenvalue weighted by atomic mass is 10.1. The fourth-order valence-electron chi connectivity index (χ4n) is 4.68. The van der Waals surface area contributed by atoms with Crippen LogP contribution >= 0.6 is 11.3 Å². The smallest absolute Gasteiger partial charge is 0.416 e. The lowest BCUT2D eigenvalue weighted by Crippen LogP contribution is -2.52. The third-order valence-corrected chi connectivity index (χ3v) is 7.60. The molecular weight excluding hydrogens is 503 g/mol. The molecule has 0 saturated carbocycles. The molecule has 0 radical (unpaired) electrons. The second-order valence-corrected chi connectivity index (χ2v) is 11.1. The zero-order valence-electron chi connectivity index (χ0n) is 21.4. The highest BCUT2D eigenvalue weighted by molar-refractivity contribution is 7.22. The Hall–Kier alpha value is -2.85. The Kier molecular flexibility index (Phi) is 7.71. The predicted molar refractivity (Wildman–Crippen MR) is 139 cm³/mol. The number of hydrogen-bond donors (Lipinski definition) is 1. The molecule has 200 valence electrons. The molecular formula is C27H32F3N3O3S. The summed E-state index contributed by atoms with van der Waals surface area (Å²) in [4.78, 5) is 20.7. The molecule has 3 aromatic rings. The summed E-state index contributed by atoms with van der Waals surface area (Å²) in [6.07, 6.45) is -2.46. The van der Waals surface area contributed by atoms with E-state index in [1.54, 1.807) is 0 Å². The molecule has 37 heavy (non-hydrogen) atoms. The maximum Gasteiger partial charge on any atom is 0.416 e. The van der Waals surface area contributed by atoms with Crippen molar-refractivity contribution in [2.45, 2.75) is 64.9 Å². The number of aryl methyl sites for hydroxylation is 1. The minimum Gasteiger partial charge on any atom is -0.478 e. The van der Waals surface area contributed by atoms with Crippen LogP contribution in [-0.2, 0) is 17.5 Å². The standard InChI is InChI=1S/C27H32F3N3O3S/c1-5-6-20-16-32(15-18-11-17(2)12-21(13-18)36-26(3,4)24(34)35)9-10-33(20)25-31-22-8-7-19(27(28,29)30)14-23(22)37-25/h7-8,11-14,20H,5-6,9-10,15-16H2,1-4H3,(H,34,35)/t20-/m1/s1. The summed E-state index contributed by atoms with van der Waals surface area (Å²) in [6, 6.07) is 9.72. The molecule has 6 nitrogen and oxygen atoms in total. The lowest BCUT2D eigenvalue weighted by molar-refractivity contribution is -0.152. The summed E-state index contributed by atoms with van der Waals surface area (Å²) in [5.41, 5.74) is 0.631. The molecule has 1 aromatic heterocycles. The quantitative estimate of drug-likeness (QED) is 0.362. The lowest BCUT2D eigenvalue weighted by Gasteiger charge is -2.41. The second-order valence-electron chi connectivity index (χ2n) is 10.1. The number of benzene rings is 2. The fraction of sp³-hybridized carbons (Fsp3) is 0.481. The van der Waals surface area contributed by atoms with E-state index in [1.807, 2.05) is 19.1 Å². The van der Waals surface area contributed by atoms with Crippen LogP contribution in [0.1, 0.15) is 50.3 Å². The molecule has 0 bridgehead atoms. The highest BCUT2D eigenvalue weighted by Crippen LogP contribution is 2.37. The van der Waals surface area contributed by atoms with Crippen LogP contribution in [0.5, 0.6) is 5.75 Å². The topological polar surface area (TPSA) is 65.9 Å². The zero-order chi connectivity index (χ0) is 27.0. The number of hydrogen-bond acceptors (Lipinski definition) is 6. The van der Waals surface area contributed by atoms with Crippen LogP contribution in [0.3, 0.4) is 0 Å². The van der Waals surface area contributed by atoms with Crippen molar-refractivity contribution in [2.75, 3.05) is 24.5 Å². The van der Waals surface area contributed by atoms with Gasteiger partial charge in [0.25, 0.3) is 0 Å². The van der Waals surface area contributed by atoms with Gasteiger partial charge in [0.2, 0.25) is 0 Å². The molecule has 1 N–H and O–H groups in total. The van der Waals surface area contributed by atoms with Crippen molar-refractivity contribution in [1.82, 2.24) is 9.88 Å². The Morgan fingerprint density at radius 3 is 2.62 bits per heavy atom. The number of aromatic nitrogens is 1. The van der Waals surface area contributed by atoms with Crippen molar-refractivity contribution < 1.29 is 27.8 Å². The normalized spacial score (nSPS) is 17.4. The van der Waals surface area contributed by atoms with E-state index in [0.717, 1.165) is 54.8 Å². The van der Waals surface area contributed by atoms with Gasteiger partial charge in [-0.1, -0.05) is 30.7 Å². The molecule has 10 heteroatoms. The Balaban J connectivity index is 1.50. The van der Waals surface area contributed by atoms with Gasteiger partial charge in [-0.25, -0.2) is 9.78 Å². The van der Waals surface area contributed by atoms with Gasteiger partial charge < -0.3 is 14.7 Å². The van der Waals surface area contributed by atoms with Gasteiger partial charge >= 0.3 is 12.1 Å². The van der Waals surface area contributed by atoms with Crippen LogP contribution in [0.2, 0.25) is 0 Å². The summed E-state index contributed by atoms with van der Waals surface area (Å²) in [5.74, 6) is -0.502. The number of aliphatic carboxylic acids is 1. The summed E-state index contributed by atoms with van der Waals surface area (Å²) in [6.45, 7) is 10.1. The van der Waals surface area contributed by atoms with E-state index in [2.05, 4.69) is 27.8 Å². The maximum absolute atomic E-state index is 13.2. The summed E-state index contributed by atoms with van der Waals surface area (Å²) >= 11 is 1.31. The molecule has 4 rings (SSSR count). The highest BCUT2D eigenvalue weighted by Gasteiger charge is 2.33. The molecule has 2 heterocycles. The summed E-state index contributed by atoms with van der Waals surface area (Å²) in [5, 5.41) is 10.2. The zero-order valence-corrected chi connectivity index (χ0v) is 22.2. The number of nitrogens with zero attached hydrogens (tertiary/aromatic N) is 3. The molecule has 0 aliphatic carbocycles. The number of carboxylic acids is 1. The van der Waals surface area contributed by atoms with E-state index < -0.39 is 23.3 Å². The third kappa shape index (κ3) is 6.35. The minimum atomic E-state index is -4.38. The van der Waals surface area contributed by atoms with Gasteiger partial charge in [0.05, 0.1) is 15.8 Å². The van der Waals surface area contributed by atoms with Crippen LogP contribution < -0.4 is 9.64 Å². The number of halogens is 3. The van der Waals surface area contributed by atoms with Crippen molar-refractivity contribution in [3.63, 3.8) is 0 Å². The van der Waals surface area contributed by atoms with Crippen molar-refractivity contribution in [3.8, 4) is 5.75 Å². The number of piperazine rings is 1. The molecule has 1 atom stereocenters. The third-order valence-electron chi connectivity index (χ3n) is 6.54. The first kappa shape index (κ1) is 27.2. The Labute approximate surface area is 218 Å². The van der Waals surface area contributed by atoms with E-state index >= 15 is 0 Å². The molecule has 1 aliphatic heterocycles. The Morgan fingerprint density at radius 2 is 1.95 bits per heavy atom. The largest absolute Gasteiger partial charge is 0.478 e. The van der Waals surface area contributed by atoms with Gasteiger partial charge in [-0.05, 0) is 68.7 Å². The number of fused-ring (bicyclic) bond motifs is 1. The molecule has 2 aromatic carbocycles. The van der Waals surface area contributed by atoms with Crippen molar-refractivity contribution in [1.29, 1.82) is 0 Å². The number of rotatable bonds is 8. The molecule has 0 amide bonds. The Morgan fingerprint density at radius 1 is 1.19 bits per heavy atom. The average Bonchev–Trinajstić information content (AvgIpc) is 3.21. The minimum absolute atomic E-state index is 0.188. The van der Waals surface area contributed by atoms with Crippen LogP contribution in [0.25, 0.3) is 10.2 Å². The molecule has 0 unspecified atom stereocenters. The number of thiazole rings is 1. The van der Waals surface area contributed by atoms with Gasteiger partial charge in [0.1, 0.15) is 5.75 Å². The van der Waals surface area contributed by atoms with Crippen molar-refractivity contribution in [3.05, 3.63) is 53.1 Å². The SMILES string of the molecule is CCC[C@@H]1CN(Cc2cc(C)cc(OC(C)(C)C(=O)O)c2)CCN1c1nc2ccc(C(F)(F)F)cc2s1. The predicted octanol–water partition coefficient (Wildman–Crippen LogP) is 6.36. The number of alkyl halides is 3. The fourth-order valence-corrected chi connectivity index (χ4v) is 5.78. The van der Waals surface area contributed by atoms with Gasteiger partial charge in [-0.15, -0.1) is 0 Å². The average molecular weight is 536 g/mol. The van der Waals surface area contributed by atoms with Crippen LogP contribution in [0, 0.1) is 6.92 Å². The maximum atomic E-state index is 13.2. The first-order chi connectivity index (χ1) is 17.4. The second kappa shape index (κ2) is 10.5. The monoisotopic (exact) mass is 535 g/mol. The number of anilines is 1. The van der Waals surface area contributed by atoms with Gasteiger partial charge in [0, 0.05) is 32.2 Å². The van der Waals surface area contributed by atoms with Crippen LogP contribution in [0.4, 0.5) is 18.3 Å². The van der Waals surface area contributed by atoms with Crippen LogP contribution in [0.15, 0.2) is 36.4 Å². The summed E-state index contributed by atoms with van der Waals surface area (Å²) in [7, 11) is 0. The van der Waals surface area contributed by atoms with E-state index in [4.69, 9.17) is 4.74 Å². The van der Waals surface area contributed by atoms with E-state index in [-0.39, 0.29) is 6.04 Å². The molecule has 1 fully saturated rings. The van der Waals surface area contributed by atoms with Crippen molar-refractivity contribution >= 4 is 32.7 Å². The first-order valence-corrected chi connectivity index (χ1v) is 13.2. The van der Waals surface area contributed by atoms with Crippen molar-refractivity contribution in [2.24, 2.45) is 0 Å². The highest BCUT2D eigenvalue weighted by atomic mass is 32.1. The van der Waals surface area contributed by atoms with Gasteiger partial charge in [0.15, 0.2) is 10.7 Å². The summed E-state index contributed by atoms with van der Waals surface area (Å²) < 4.78 is 45.8. The molecule has 1 saturated heterocycles. The van der Waals surface area contributed by atoms with Gasteiger partial charge in [-0.3, -0.25) is 4.90 Å². The number of ether oxygens (including phenoxy) is 1. The first-order valence-electron chi connectivity index (χ1n) is 12.4. The Bertz CT molecular complexity index is 1270. The number of carboxylic acid groups (broad SMARTS) is 1. The number of carbonyl (C=O) groups is 1.